The lowest BCUT2D eigenvalue weighted by Crippen LogP contribution is -2.10. The van der Waals surface area contributed by atoms with Crippen molar-refractivity contribution in [3.63, 3.8) is 0 Å². The third-order valence-corrected chi connectivity index (χ3v) is 4.78. The molecule has 4 rings (SSSR count). The molecule has 0 saturated carbocycles. The minimum Gasteiger partial charge on any atom is -0.384 e. The Balaban J connectivity index is 1.98. The lowest BCUT2D eigenvalue weighted by molar-refractivity contribution is 1.42. The quantitative estimate of drug-likeness (QED) is 0.362. The molecule has 0 fully saturated rings. The molecule has 0 atom stereocenters. The van der Waals surface area contributed by atoms with E-state index >= 15 is 0 Å². The molecular weight excluding hydrogens is 316 g/mol. The minimum absolute atomic E-state index is 0.0915. The zero-order valence-electron chi connectivity index (χ0n) is 14.7. The summed E-state index contributed by atoms with van der Waals surface area (Å²) >= 11 is 0. The van der Waals surface area contributed by atoms with Crippen molar-refractivity contribution in [2.24, 2.45) is 5.73 Å². The summed E-state index contributed by atoms with van der Waals surface area (Å²) in [6.07, 6.45) is 0. The van der Waals surface area contributed by atoms with Gasteiger partial charge in [0.2, 0.25) is 0 Å². The van der Waals surface area contributed by atoms with Crippen molar-refractivity contribution in [3.05, 3.63) is 96.1 Å². The Labute approximate surface area is 153 Å². The van der Waals surface area contributed by atoms with Gasteiger partial charge in [-0.1, -0.05) is 90.5 Å². The summed E-state index contributed by atoms with van der Waals surface area (Å²) in [4.78, 5) is 0. The number of benzene rings is 4. The summed E-state index contributed by atoms with van der Waals surface area (Å²) in [5, 5.41) is 10.1. The summed E-state index contributed by atoms with van der Waals surface area (Å²) in [6.45, 7) is 2.11. The van der Waals surface area contributed by atoms with Gasteiger partial charge in [-0.2, -0.15) is 0 Å². The van der Waals surface area contributed by atoms with Gasteiger partial charge in [-0.25, -0.2) is 0 Å². The van der Waals surface area contributed by atoms with E-state index in [4.69, 9.17) is 11.1 Å². The van der Waals surface area contributed by atoms with E-state index in [1.165, 1.54) is 33.0 Å². The normalized spacial score (nSPS) is 10.8. The van der Waals surface area contributed by atoms with Gasteiger partial charge >= 0.3 is 0 Å². The monoisotopic (exact) mass is 336 g/mol. The Morgan fingerprint density at radius 2 is 1.38 bits per heavy atom. The zero-order valence-corrected chi connectivity index (χ0v) is 14.7. The van der Waals surface area contributed by atoms with Crippen LogP contribution in [0.3, 0.4) is 0 Å². The second-order valence-corrected chi connectivity index (χ2v) is 6.57. The van der Waals surface area contributed by atoms with Crippen LogP contribution in [0.5, 0.6) is 0 Å². The molecule has 0 spiro atoms. The Bertz CT molecular complexity index is 1090. The van der Waals surface area contributed by atoms with Gasteiger partial charge in [-0.3, -0.25) is 5.41 Å². The average Bonchev–Trinajstić information content (AvgIpc) is 2.68. The topological polar surface area (TPSA) is 49.9 Å². The first kappa shape index (κ1) is 16.1. The predicted molar refractivity (Wildman–Crippen MR) is 111 cm³/mol. The van der Waals surface area contributed by atoms with E-state index in [0.29, 0.717) is 0 Å². The average molecular weight is 336 g/mol. The fraction of sp³-hybridized carbons (Fsp3) is 0.0417. The second kappa shape index (κ2) is 6.49. The van der Waals surface area contributed by atoms with Gasteiger partial charge < -0.3 is 5.73 Å². The van der Waals surface area contributed by atoms with Crippen molar-refractivity contribution >= 4 is 16.6 Å². The van der Waals surface area contributed by atoms with Crippen LogP contribution < -0.4 is 5.73 Å². The summed E-state index contributed by atoms with van der Waals surface area (Å²) < 4.78 is 0. The SMILES string of the molecule is Cc1ccc(-c2c(-c3ccc(C(=N)N)cc3)ccc3ccccc23)cc1. The van der Waals surface area contributed by atoms with Crippen LogP contribution in [-0.4, -0.2) is 5.84 Å². The number of hydrogen-bond acceptors (Lipinski definition) is 1. The van der Waals surface area contributed by atoms with Crippen molar-refractivity contribution in [2.45, 2.75) is 6.92 Å². The van der Waals surface area contributed by atoms with E-state index in [0.717, 1.165) is 11.1 Å². The highest BCUT2D eigenvalue weighted by atomic mass is 14.7. The van der Waals surface area contributed by atoms with E-state index in [9.17, 15) is 0 Å². The van der Waals surface area contributed by atoms with E-state index < -0.39 is 0 Å². The Morgan fingerprint density at radius 1 is 0.731 bits per heavy atom. The van der Waals surface area contributed by atoms with Crippen LogP contribution in [-0.2, 0) is 0 Å². The molecule has 0 amide bonds. The molecule has 2 heteroatoms. The van der Waals surface area contributed by atoms with Crippen LogP contribution in [0, 0.1) is 12.3 Å². The summed E-state index contributed by atoms with van der Waals surface area (Å²) in [5.41, 5.74) is 12.3. The fourth-order valence-electron chi connectivity index (χ4n) is 3.37. The number of nitrogen functional groups attached to an aromatic ring is 1. The van der Waals surface area contributed by atoms with Gasteiger partial charge in [-0.05, 0) is 39.9 Å². The third kappa shape index (κ3) is 2.86. The molecule has 4 aromatic carbocycles. The highest BCUT2D eigenvalue weighted by molar-refractivity contribution is 6.04. The molecule has 2 nitrogen and oxygen atoms in total. The molecule has 0 aliphatic rings. The number of nitrogens with two attached hydrogens (primary N) is 1. The molecule has 0 aliphatic heterocycles. The Morgan fingerprint density at radius 3 is 2.08 bits per heavy atom. The maximum atomic E-state index is 7.59. The first-order chi connectivity index (χ1) is 12.6. The van der Waals surface area contributed by atoms with E-state index in [1.54, 1.807) is 0 Å². The number of hydrogen-bond donors (Lipinski definition) is 2. The van der Waals surface area contributed by atoms with Gasteiger partial charge in [0.1, 0.15) is 5.84 Å². The summed E-state index contributed by atoms with van der Waals surface area (Å²) in [7, 11) is 0. The molecule has 126 valence electrons. The molecule has 0 bridgehead atoms. The fourth-order valence-corrected chi connectivity index (χ4v) is 3.37. The highest BCUT2D eigenvalue weighted by Crippen LogP contribution is 2.38. The van der Waals surface area contributed by atoms with Crippen molar-refractivity contribution in [1.82, 2.24) is 0 Å². The van der Waals surface area contributed by atoms with Crippen LogP contribution in [0.25, 0.3) is 33.0 Å². The van der Waals surface area contributed by atoms with Crippen LogP contribution in [0.1, 0.15) is 11.1 Å². The second-order valence-electron chi connectivity index (χ2n) is 6.57. The number of nitrogens with one attached hydrogen (secondary N) is 1. The lowest BCUT2D eigenvalue weighted by Gasteiger charge is -2.15. The third-order valence-electron chi connectivity index (χ3n) is 4.78. The molecule has 0 aromatic heterocycles. The summed E-state index contributed by atoms with van der Waals surface area (Å²) in [6, 6.07) is 29.4. The van der Waals surface area contributed by atoms with Crippen molar-refractivity contribution in [2.75, 3.05) is 0 Å². The van der Waals surface area contributed by atoms with E-state index in [1.807, 2.05) is 24.3 Å². The number of amidine groups is 1. The summed E-state index contributed by atoms with van der Waals surface area (Å²) in [5.74, 6) is 0.0915. The van der Waals surface area contributed by atoms with Gasteiger partial charge in [0, 0.05) is 5.56 Å². The first-order valence-electron chi connectivity index (χ1n) is 8.67. The van der Waals surface area contributed by atoms with Crippen molar-refractivity contribution in [3.8, 4) is 22.3 Å². The van der Waals surface area contributed by atoms with Gasteiger partial charge in [0.25, 0.3) is 0 Å². The molecule has 4 aromatic rings. The predicted octanol–water partition coefficient (Wildman–Crippen LogP) is 5.77. The van der Waals surface area contributed by atoms with Crippen LogP contribution in [0.4, 0.5) is 0 Å². The van der Waals surface area contributed by atoms with Gasteiger partial charge in [-0.15, -0.1) is 0 Å². The highest BCUT2D eigenvalue weighted by Gasteiger charge is 2.12. The maximum absolute atomic E-state index is 7.59. The van der Waals surface area contributed by atoms with E-state index in [2.05, 4.69) is 67.6 Å². The van der Waals surface area contributed by atoms with Crippen molar-refractivity contribution < 1.29 is 0 Å². The molecule has 0 saturated heterocycles. The smallest absolute Gasteiger partial charge is 0.122 e. The molecular formula is C24H20N2. The van der Waals surface area contributed by atoms with Gasteiger partial charge in [0.15, 0.2) is 0 Å². The largest absolute Gasteiger partial charge is 0.384 e. The first-order valence-corrected chi connectivity index (χ1v) is 8.67. The molecule has 0 heterocycles. The molecule has 26 heavy (non-hydrogen) atoms. The lowest BCUT2D eigenvalue weighted by atomic mass is 9.89. The van der Waals surface area contributed by atoms with E-state index in [-0.39, 0.29) is 5.84 Å². The number of fused-ring (bicyclic) bond motifs is 1. The number of rotatable bonds is 3. The Kier molecular flexibility index (Phi) is 4.02. The van der Waals surface area contributed by atoms with Crippen LogP contribution in [0.15, 0.2) is 84.9 Å². The van der Waals surface area contributed by atoms with Crippen LogP contribution in [0.2, 0.25) is 0 Å². The molecule has 0 aliphatic carbocycles. The zero-order chi connectivity index (χ0) is 18.1. The molecule has 0 radical (unpaired) electrons. The van der Waals surface area contributed by atoms with Crippen LogP contribution >= 0.6 is 0 Å². The minimum atomic E-state index is 0.0915. The molecule has 0 unspecified atom stereocenters. The van der Waals surface area contributed by atoms with Gasteiger partial charge in [0.05, 0.1) is 0 Å². The standard InChI is InChI=1S/C24H20N2/c1-16-6-8-19(9-7-16)23-21-5-3-2-4-17(21)14-15-22(23)18-10-12-20(13-11-18)24(25)26/h2-15H,1H3,(H3,25,26). The molecule has 3 N–H and O–H groups in total. The van der Waals surface area contributed by atoms with Crippen molar-refractivity contribution in [1.29, 1.82) is 5.41 Å². The Hall–Kier alpha value is -3.39. The maximum Gasteiger partial charge on any atom is 0.122 e. The number of aryl methyl sites for hydroxylation is 1.